The summed E-state index contributed by atoms with van der Waals surface area (Å²) in [5, 5.41) is 18.1. The Bertz CT molecular complexity index is 259. The molecule has 0 radical (unpaired) electrons. The molecule has 0 amide bonds. The predicted molar refractivity (Wildman–Crippen MR) is 47.1 cm³/mol. The van der Waals surface area contributed by atoms with Gasteiger partial charge < -0.3 is 10.2 Å². The van der Waals surface area contributed by atoms with Crippen LogP contribution in [0.3, 0.4) is 0 Å². The molecule has 0 saturated heterocycles. The number of aliphatic carboxylic acids is 1. The van der Waals surface area contributed by atoms with Gasteiger partial charge in [-0.25, -0.2) is 0 Å². The maximum Gasteiger partial charge on any atom is 0.310 e. The lowest BCUT2D eigenvalue weighted by Gasteiger charge is -2.30. The fourth-order valence-corrected chi connectivity index (χ4v) is 2.79. The number of hydrogen-bond donors (Lipinski definition) is 2. The second-order valence-corrected chi connectivity index (χ2v) is 4.13. The van der Waals surface area contributed by atoms with Crippen molar-refractivity contribution in [3.05, 3.63) is 12.2 Å². The normalized spacial score (nSPS) is 41.3. The van der Waals surface area contributed by atoms with Gasteiger partial charge in [0.1, 0.15) is 0 Å². The Morgan fingerprint density at radius 2 is 2.31 bits per heavy atom. The van der Waals surface area contributed by atoms with Gasteiger partial charge in [0, 0.05) is 6.61 Å². The molecule has 0 aliphatic heterocycles. The molecule has 2 aliphatic carbocycles. The van der Waals surface area contributed by atoms with E-state index in [1.165, 1.54) is 0 Å². The maximum absolute atomic E-state index is 11.2. The zero-order valence-corrected chi connectivity index (χ0v) is 7.44. The van der Waals surface area contributed by atoms with E-state index in [1.54, 1.807) is 0 Å². The summed E-state index contributed by atoms with van der Waals surface area (Å²) in [6, 6.07) is 0. The van der Waals surface area contributed by atoms with Crippen molar-refractivity contribution in [1.29, 1.82) is 0 Å². The van der Waals surface area contributed by atoms with Crippen LogP contribution in [0.15, 0.2) is 12.2 Å². The number of carboxylic acid groups (broad SMARTS) is 1. The number of aliphatic hydroxyl groups is 1. The summed E-state index contributed by atoms with van der Waals surface area (Å²) in [7, 11) is 0. The molecular formula is C10H14O3. The summed E-state index contributed by atoms with van der Waals surface area (Å²) in [5.74, 6) is -0.145. The Kier molecular flexibility index (Phi) is 1.91. The average molecular weight is 182 g/mol. The molecule has 0 aromatic rings. The number of fused-ring (bicyclic) bond motifs is 2. The highest BCUT2D eigenvalue weighted by molar-refractivity contribution is 5.76. The molecule has 0 spiro atoms. The van der Waals surface area contributed by atoms with Gasteiger partial charge in [0.05, 0.1) is 5.41 Å². The average Bonchev–Trinajstić information content (AvgIpc) is 2.64. The van der Waals surface area contributed by atoms with Gasteiger partial charge in [0.25, 0.3) is 0 Å². The quantitative estimate of drug-likeness (QED) is 0.641. The molecule has 3 heteroatoms. The predicted octanol–water partition coefficient (Wildman–Crippen LogP) is 1.04. The minimum Gasteiger partial charge on any atom is -0.481 e. The molecule has 13 heavy (non-hydrogen) atoms. The molecule has 72 valence electrons. The first kappa shape index (κ1) is 8.75. The molecule has 2 bridgehead atoms. The van der Waals surface area contributed by atoms with E-state index >= 15 is 0 Å². The van der Waals surface area contributed by atoms with Crippen molar-refractivity contribution in [1.82, 2.24) is 0 Å². The van der Waals surface area contributed by atoms with Crippen LogP contribution in [0.1, 0.15) is 19.3 Å². The van der Waals surface area contributed by atoms with Crippen LogP contribution in [-0.4, -0.2) is 22.8 Å². The molecule has 3 unspecified atom stereocenters. The summed E-state index contributed by atoms with van der Waals surface area (Å²) in [6.45, 7) is -0.0244. The number of rotatable bonds is 3. The van der Waals surface area contributed by atoms with Gasteiger partial charge in [-0.2, -0.15) is 0 Å². The lowest BCUT2D eigenvalue weighted by molar-refractivity contribution is -0.151. The van der Waals surface area contributed by atoms with E-state index in [-0.39, 0.29) is 12.5 Å². The summed E-state index contributed by atoms with van der Waals surface area (Å²) >= 11 is 0. The van der Waals surface area contributed by atoms with Gasteiger partial charge in [-0.1, -0.05) is 12.2 Å². The van der Waals surface area contributed by atoms with Crippen LogP contribution in [0, 0.1) is 17.3 Å². The molecular weight excluding hydrogens is 168 g/mol. The van der Waals surface area contributed by atoms with Crippen molar-refractivity contribution in [3.63, 3.8) is 0 Å². The highest BCUT2D eigenvalue weighted by Crippen LogP contribution is 2.54. The number of carboxylic acids is 1. The van der Waals surface area contributed by atoms with Crippen molar-refractivity contribution in [2.45, 2.75) is 19.3 Å². The number of hydrogen-bond acceptors (Lipinski definition) is 2. The molecule has 1 fully saturated rings. The van der Waals surface area contributed by atoms with Crippen LogP contribution in [0.4, 0.5) is 0 Å². The number of carbonyl (C=O) groups is 1. The van der Waals surface area contributed by atoms with E-state index in [0.29, 0.717) is 18.8 Å². The highest BCUT2D eigenvalue weighted by atomic mass is 16.4. The van der Waals surface area contributed by atoms with Gasteiger partial charge in [-0.3, -0.25) is 4.79 Å². The monoisotopic (exact) mass is 182 g/mol. The van der Waals surface area contributed by atoms with Gasteiger partial charge in [0.2, 0.25) is 0 Å². The molecule has 0 aromatic heterocycles. The molecule has 2 N–H and O–H groups in total. The van der Waals surface area contributed by atoms with E-state index in [4.69, 9.17) is 5.11 Å². The molecule has 3 atom stereocenters. The molecule has 2 aliphatic rings. The Morgan fingerprint density at radius 1 is 1.54 bits per heavy atom. The third-order valence-corrected chi connectivity index (χ3v) is 3.49. The fourth-order valence-electron chi connectivity index (χ4n) is 2.79. The molecule has 2 rings (SSSR count). The second-order valence-electron chi connectivity index (χ2n) is 4.13. The van der Waals surface area contributed by atoms with Crippen LogP contribution in [-0.2, 0) is 4.79 Å². The first-order valence-corrected chi connectivity index (χ1v) is 4.71. The molecule has 3 nitrogen and oxygen atoms in total. The molecule has 1 saturated carbocycles. The van der Waals surface area contributed by atoms with Crippen molar-refractivity contribution >= 4 is 5.97 Å². The van der Waals surface area contributed by atoms with Crippen LogP contribution >= 0.6 is 0 Å². The Hall–Kier alpha value is -0.830. The maximum atomic E-state index is 11.2. The van der Waals surface area contributed by atoms with Crippen molar-refractivity contribution < 1.29 is 15.0 Å². The van der Waals surface area contributed by atoms with Gasteiger partial charge in [-0.05, 0) is 31.1 Å². The summed E-state index contributed by atoms with van der Waals surface area (Å²) in [4.78, 5) is 11.2. The van der Waals surface area contributed by atoms with E-state index in [9.17, 15) is 9.90 Å². The van der Waals surface area contributed by atoms with Crippen molar-refractivity contribution in [2.24, 2.45) is 17.3 Å². The van der Waals surface area contributed by atoms with E-state index in [0.717, 1.165) is 6.42 Å². The summed E-state index contributed by atoms with van der Waals surface area (Å²) in [5.41, 5.74) is -0.659. The van der Waals surface area contributed by atoms with Crippen LogP contribution in [0.2, 0.25) is 0 Å². The lowest BCUT2D eigenvalue weighted by atomic mass is 9.73. The smallest absolute Gasteiger partial charge is 0.310 e. The summed E-state index contributed by atoms with van der Waals surface area (Å²) in [6.07, 6.45) is 6.20. The van der Waals surface area contributed by atoms with Crippen molar-refractivity contribution in [3.8, 4) is 0 Å². The van der Waals surface area contributed by atoms with Gasteiger partial charge >= 0.3 is 5.97 Å². The van der Waals surface area contributed by atoms with Crippen LogP contribution in [0.5, 0.6) is 0 Å². The Morgan fingerprint density at radius 3 is 2.69 bits per heavy atom. The Labute approximate surface area is 77.1 Å². The SMILES string of the molecule is O=C(O)C1(CCO)CC2C=CC1C2. The lowest BCUT2D eigenvalue weighted by Crippen LogP contribution is -2.36. The first-order valence-electron chi connectivity index (χ1n) is 4.71. The highest BCUT2D eigenvalue weighted by Gasteiger charge is 2.53. The topological polar surface area (TPSA) is 57.5 Å². The van der Waals surface area contributed by atoms with E-state index in [2.05, 4.69) is 6.08 Å². The van der Waals surface area contributed by atoms with E-state index < -0.39 is 11.4 Å². The van der Waals surface area contributed by atoms with Crippen molar-refractivity contribution in [2.75, 3.05) is 6.61 Å². The fraction of sp³-hybridized carbons (Fsp3) is 0.700. The number of aliphatic hydroxyl groups excluding tert-OH is 1. The molecule has 0 aromatic carbocycles. The van der Waals surface area contributed by atoms with Gasteiger partial charge in [0.15, 0.2) is 0 Å². The third kappa shape index (κ3) is 1.10. The zero-order chi connectivity index (χ0) is 9.47. The standard InChI is InChI=1S/C10H14O3/c11-4-3-10(9(12)13)6-7-1-2-8(10)5-7/h1-2,7-8,11H,3-6H2,(H,12,13). The first-order chi connectivity index (χ1) is 6.19. The zero-order valence-electron chi connectivity index (χ0n) is 7.44. The third-order valence-electron chi connectivity index (χ3n) is 3.49. The van der Waals surface area contributed by atoms with E-state index in [1.807, 2.05) is 6.08 Å². The van der Waals surface area contributed by atoms with Crippen LogP contribution in [0.25, 0.3) is 0 Å². The Balaban J connectivity index is 2.25. The van der Waals surface area contributed by atoms with Crippen LogP contribution < -0.4 is 0 Å². The minimum atomic E-state index is -0.738. The minimum absolute atomic E-state index is 0.0244. The largest absolute Gasteiger partial charge is 0.481 e. The van der Waals surface area contributed by atoms with Gasteiger partial charge in [-0.15, -0.1) is 0 Å². The number of allylic oxidation sites excluding steroid dienone is 2. The second kappa shape index (κ2) is 2.84. The molecule has 0 heterocycles. The summed E-state index contributed by atoms with van der Waals surface area (Å²) < 4.78 is 0.